The summed E-state index contributed by atoms with van der Waals surface area (Å²) >= 11 is 0. The molecule has 0 fully saturated rings. The summed E-state index contributed by atoms with van der Waals surface area (Å²) in [6, 6.07) is 10.4. The van der Waals surface area contributed by atoms with Crippen molar-refractivity contribution in [3.8, 4) is 0 Å². The number of carbonyl (C=O) groups is 2. The maximum Gasteiger partial charge on any atom is 0.196 e. The van der Waals surface area contributed by atoms with Gasteiger partial charge >= 0.3 is 0 Å². The van der Waals surface area contributed by atoms with Crippen molar-refractivity contribution in [3.63, 3.8) is 0 Å². The van der Waals surface area contributed by atoms with Crippen LogP contribution in [0.15, 0.2) is 36.4 Å². The summed E-state index contributed by atoms with van der Waals surface area (Å²) in [6.07, 6.45) is 0.935. The monoisotopic (exact) mass is 323 g/mol. The molecule has 0 heterocycles. The van der Waals surface area contributed by atoms with Gasteiger partial charge in [0.25, 0.3) is 0 Å². The van der Waals surface area contributed by atoms with Crippen molar-refractivity contribution in [2.45, 2.75) is 6.42 Å². The van der Waals surface area contributed by atoms with Gasteiger partial charge in [-0.2, -0.15) is 0 Å². The molecule has 0 saturated heterocycles. The number of nitrogen functional groups attached to an aromatic ring is 1. The SMILES string of the molecule is CN(C)CCCNc1ccc(N)c2c1C(=O)c1ccccc1C2=O. The Morgan fingerprint density at radius 1 is 0.958 bits per heavy atom. The molecule has 1 aliphatic carbocycles. The molecule has 124 valence electrons. The fourth-order valence-corrected chi connectivity index (χ4v) is 3.01. The summed E-state index contributed by atoms with van der Waals surface area (Å²) < 4.78 is 0. The van der Waals surface area contributed by atoms with Crippen LogP contribution in [-0.2, 0) is 0 Å². The largest absolute Gasteiger partial charge is 0.398 e. The lowest BCUT2D eigenvalue weighted by atomic mass is 9.82. The lowest BCUT2D eigenvalue weighted by Gasteiger charge is -2.22. The predicted molar refractivity (Wildman–Crippen MR) is 95.8 cm³/mol. The van der Waals surface area contributed by atoms with E-state index in [-0.39, 0.29) is 11.6 Å². The van der Waals surface area contributed by atoms with Crippen LogP contribution >= 0.6 is 0 Å². The summed E-state index contributed by atoms with van der Waals surface area (Å²) in [7, 11) is 4.04. The van der Waals surface area contributed by atoms with E-state index in [0.717, 1.165) is 19.5 Å². The van der Waals surface area contributed by atoms with Crippen LogP contribution in [0.1, 0.15) is 38.3 Å². The van der Waals surface area contributed by atoms with Gasteiger partial charge in [-0.05, 0) is 39.2 Å². The molecule has 3 N–H and O–H groups in total. The summed E-state index contributed by atoms with van der Waals surface area (Å²) in [5, 5.41) is 3.28. The number of benzene rings is 2. The lowest BCUT2D eigenvalue weighted by Crippen LogP contribution is -2.24. The van der Waals surface area contributed by atoms with Gasteiger partial charge in [-0.3, -0.25) is 9.59 Å². The van der Waals surface area contributed by atoms with E-state index < -0.39 is 0 Å². The minimum absolute atomic E-state index is 0.150. The van der Waals surface area contributed by atoms with E-state index in [1.54, 1.807) is 36.4 Å². The standard InChI is InChI=1S/C19H21N3O2/c1-22(2)11-5-10-21-15-9-8-14(20)16-17(15)19(24)13-7-4-3-6-12(13)18(16)23/h3-4,6-9,21H,5,10-11,20H2,1-2H3. The highest BCUT2D eigenvalue weighted by molar-refractivity contribution is 6.31. The molecule has 3 rings (SSSR count). The number of nitrogens with two attached hydrogens (primary N) is 1. The number of nitrogens with one attached hydrogen (secondary N) is 1. The Morgan fingerprint density at radius 2 is 1.58 bits per heavy atom. The van der Waals surface area contributed by atoms with Crippen LogP contribution < -0.4 is 11.1 Å². The number of fused-ring (bicyclic) bond motifs is 2. The van der Waals surface area contributed by atoms with Crippen LogP contribution in [0.25, 0.3) is 0 Å². The first-order valence-corrected chi connectivity index (χ1v) is 8.00. The summed E-state index contributed by atoms with van der Waals surface area (Å²) in [5.74, 6) is -0.336. The Hall–Kier alpha value is -2.66. The highest BCUT2D eigenvalue weighted by Crippen LogP contribution is 2.35. The molecule has 0 amide bonds. The summed E-state index contributed by atoms with van der Waals surface area (Å²) in [5.41, 5.74) is 8.60. The normalized spacial score (nSPS) is 13.0. The second kappa shape index (κ2) is 6.45. The lowest BCUT2D eigenvalue weighted by molar-refractivity contribution is 0.0980. The van der Waals surface area contributed by atoms with Gasteiger partial charge < -0.3 is 16.0 Å². The number of hydrogen-bond acceptors (Lipinski definition) is 5. The fraction of sp³-hybridized carbons (Fsp3) is 0.263. The third kappa shape index (κ3) is 2.78. The second-order valence-corrected chi connectivity index (χ2v) is 6.24. The maximum absolute atomic E-state index is 12.9. The molecule has 24 heavy (non-hydrogen) atoms. The van der Waals surface area contributed by atoms with Crippen molar-refractivity contribution < 1.29 is 9.59 Å². The molecule has 2 aromatic rings. The number of hydrogen-bond donors (Lipinski definition) is 2. The molecule has 0 bridgehead atoms. The Kier molecular flexibility index (Phi) is 4.36. The molecular formula is C19H21N3O2. The van der Waals surface area contributed by atoms with Crippen LogP contribution in [0, 0.1) is 0 Å². The number of ketones is 2. The van der Waals surface area contributed by atoms with Crippen molar-refractivity contribution in [1.29, 1.82) is 0 Å². The molecule has 5 heteroatoms. The first-order valence-electron chi connectivity index (χ1n) is 8.00. The molecule has 0 aromatic heterocycles. The number of nitrogens with zero attached hydrogens (tertiary/aromatic N) is 1. The highest BCUT2D eigenvalue weighted by Gasteiger charge is 2.33. The molecule has 1 aliphatic rings. The first-order chi connectivity index (χ1) is 11.5. The second-order valence-electron chi connectivity index (χ2n) is 6.24. The van der Waals surface area contributed by atoms with Gasteiger partial charge in [-0.25, -0.2) is 0 Å². The molecule has 2 aromatic carbocycles. The third-order valence-corrected chi connectivity index (χ3v) is 4.21. The van der Waals surface area contributed by atoms with Gasteiger partial charge in [0, 0.05) is 29.0 Å². The van der Waals surface area contributed by atoms with E-state index in [1.165, 1.54) is 0 Å². The Balaban J connectivity index is 1.98. The fourth-order valence-electron chi connectivity index (χ4n) is 3.01. The zero-order chi connectivity index (χ0) is 17.3. The molecule has 5 nitrogen and oxygen atoms in total. The van der Waals surface area contributed by atoms with Gasteiger partial charge in [0.2, 0.25) is 0 Å². The van der Waals surface area contributed by atoms with Crippen molar-refractivity contribution in [2.24, 2.45) is 0 Å². The van der Waals surface area contributed by atoms with Gasteiger partial charge in [-0.1, -0.05) is 24.3 Å². The van der Waals surface area contributed by atoms with Crippen LogP contribution in [-0.4, -0.2) is 43.7 Å². The van der Waals surface area contributed by atoms with Gasteiger partial charge in [-0.15, -0.1) is 0 Å². The maximum atomic E-state index is 12.9. The van der Waals surface area contributed by atoms with E-state index in [2.05, 4.69) is 10.2 Å². The van der Waals surface area contributed by atoms with Crippen molar-refractivity contribution >= 4 is 22.9 Å². The van der Waals surface area contributed by atoms with Crippen LogP contribution in [0.4, 0.5) is 11.4 Å². The third-order valence-electron chi connectivity index (χ3n) is 4.21. The average molecular weight is 323 g/mol. The van der Waals surface area contributed by atoms with Crippen molar-refractivity contribution in [3.05, 3.63) is 58.7 Å². The first kappa shape index (κ1) is 16.2. The molecule has 0 saturated carbocycles. The Bertz CT molecular complexity index is 812. The Labute approximate surface area is 141 Å². The minimum Gasteiger partial charge on any atom is -0.398 e. The van der Waals surface area contributed by atoms with Crippen molar-refractivity contribution in [2.75, 3.05) is 38.2 Å². The van der Waals surface area contributed by atoms with Crippen molar-refractivity contribution in [1.82, 2.24) is 4.90 Å². The molecule has 0 atom stereocenters. The van der Waals surface area contributed by atoms with E-state index >= 15 is 0 Å². The summed E-state index contributed by atoms with van der Waals surface area (Å²) in [4.78, 5) is 27.8. The van der Waals surface area contributed by atoms with Gasteiger partial charge in [0.1, 0.15) is 0 Å². The van der Waals surface area contributed by atoms with E-state index in [1.807, 2.05) is 14.1 Å². The van der Waals surface area contributed by atoms with Gasteiger partial charge in [0.05, 0.1) is 11.1 Å². The smallest absolute Gasteiger partial charge is 0.196 e. The van der Waals surface area contributed by atoms with E-state index in [4.69, 9.17) is 5.73 Å². The van der Waals surface area contributed by atoms with Crippen LogP contribution in [0.3, 0.4) is 0 Å². The predicted octanol–water partition coefficient (Wildman–Crippen LogP) is 2.41. The van der Waals surface area contributed by atoms with Crippen LogP contribution in [0.2, 0.25) is 0 Å². The van der Waals surface area contributed by atoms with E-state index in [0.29, 0.717) is 33.6 Å². The average Bonchev–Trinajstić information content (AvgIpc) is 2.57. The quantitative estimate of drug-likeness (QED) is 0.557. The summed E-state index contributed by atoms with van der Waals surface area (Å²) in [6.45, 7) is 1.66. The zero-order valence-electron chi connectivity index (χ0n) is 13.9. The number of rotatable bonds is 5. The highest BCUT2D eigenvalue weighted by atomic mass is 16.1. The molecular weight excluding hydrogens is 302 g/mol. The molecule has 0 aliphatic heterocycles. The molecule has 0 unspecified atom stereocenters. The number of anilines is 2. The zero-order valence-corrected chi connectivity index (χ0v) is 13.9. The molecule has 0 radical (unpaired) electrons. The Morgan fingerprint density at radius 3 is 2.21 bits per heavy atom. The molecule has 0 spiro atoms. The minimum atomic E-state index is -0.186. The number of carbonyl (C=O) groups excluding carboxylic acids is 2. The van der Waals surface area contributed by atoms with E-state index in [9.17, 15) is 9.59 Å². The van der Waals surface area contributed by atoms with Crippen LogP contribution in [0.5, 0.6) is 0 Å². The van der Waals surface area contributed by atoms with Gasteiger partial charge in [0.15, 0.2) is 11.6 Å². The topological polar surface area (TPSA) is 75.4 Å².